The summed E-state index contributed by atoms with van der Waals surface area (Å²) < 4.78 is 99.3. The minimum absolute atomic E-state index is 0.0847. The van der Waals surface area contributed by atoms with Crippen LogP contribution in [0.1, 0.15) is 29.2 Å². The van der Waals surface area contributed by atoms with Gasteiger partial charge in [-0.1, -0.05) is 0 Å². The molecule has 1 nitrogen and oxygen atoms in total. The molecule has 0 saturated heterocycles. The molecule has 1 aromatic rings. The van der Waals surface area contributed by atoms with E-state index >= 15 is 0 Å². The molecule has 114 valence electrons. The van der Waals surface area contributed by atoms with Gasteiger partial charge in [0.05, 0.1) is 11.1 Å². The first kappa shape index (κ1) is 16.7. The van der Waals surface area contributed by atoms with Gasteiger partial charge >= 0.3 is 12.4 Å². The van der Waals surface area contributed by atoms with E-state index in [0.29, 0.717) is 12.1 Å². The van der Waals surface area contributed by atoms with E-state index in [1.165, 1.54) is 0 Å². The van der Waals surface area contributed by atoms with E-state index in [0.717, 1.165) is 0 Å². The summed E-state index contributed by atoms with van der Waals surface area (Å²) in [6.07, 6.45) is -14.0. The summed E-state index contributed by atoms with van der Waals surface area (Å²) in [7, 11) is 0. The Morgan fingerprint density at radius 2 is 1.25 bits per heavy atom. The lowest BCUT2D eigenvalue weighted by atomic mass is 9.98. The quantitative estimate of drug-likeness (QED) is 0.824. The van der Waals surface area contributed by atoms with Gasteiger partial charge in [-0.3, -0.25) is 0 Å². The van der Waals surface area contributed by atoms with Crippen LogP contribution >= 0.6 is 0 Å². The van der Waals surface area contributed by atoms with Crippen molar-refractivity contribution in [3.63, 3.8) is 0 Å². The normalized spacial score (nSPS) is 14.7. The van der Waals surface area contributed by atoms with Gasteiger partial charge in [0.25, 0.3) is 0 Å². The predicted molar refractivity (Wildman–Crippen MR) is 54.0 cm³/mol. The van der Waals surface area contributed by atoms with Gasteiger partial charge < -0.3 is 5.73 Å². The summed E-state index contributed by atoms with van der Waals surface area (Å²) in [5.41, 5.74) is 1.42. The van der Waals surface area contributed by atoms with E-state index in [1.807, 2.05) is 0 Å². The fourth-order valence-corrected chi connectivity index (χ4v) is 1.52. The molecular weight excluding hydrogens is 298 g/mol. The fourth-order valence-electron chi connectivity index (χ4n) is 1.52. The van der Waals surface area contributed by atoms with Gasteiger partial charge in [0, 0.05) is 12.5 Å². The number of hydrogen-bond acceptors (Lipinski definition) is 1. The third-order valence-corrected chi connectivity index (χ3v) is 2.47. The molecule has 0 heterocycles. The second kappa shape index (κ2) is 5.55. The molecule has 1 atom stereocenters. The Morgan fingerprint density at radius 3 is 1.55 bits per heavy atom. The number of alkyl halides is 8. The summed E-state index contributed by atoms with van der Waals surface area (Å²) in [5.74, 6) is 0. The Morgan fingerprint density at radius 1 is 0.850 bits per heavy atom. The van der Waals surface area contributed by atoms with Gasteiger partial charge in [0.2, 0.25) is 6.43 Å². The summed E-state index contributed by atoms with van der Waals surface area (Å²) >= 11 is 0. The van der Waals surface area contributed by atoms with E-state index in [-0.39, 0.29) is 6.07 Å². The maximum absolute atomic E-state index is 12.5. The van der Waals surface area contributed by atoms with Crippen LogP contribution in [0.3, 0.4) is 0 Å². The first-order chi connectivity index (χ1) is 8.91. The van der Waals surface area contributed by atoms with Crippen molar-refractivity contribution in [1.82, 2.24) is 0 Å². The molecule has 0 bridgehead atoms. The summed E-state index contributed by atoms with van der Waals surface area (Å²) in [5, 5.41) is 0. The van der Waals surface area contributed by atoms with Gasteiger partial charge in [-0.2, -0.15) is 26.3 Å². The zero-order valence-corrected chi connectivity index (χ0v) is 9.69. The van der Waals surface area contributed by atoms with Crippen molar-refractivity contribution in [2.75, 3.05) is 0 Å². The van der Waals surface area contributed by atoms with Crippen molar-refractivity contribution in [3.8, 4) is 0 Å². The molecule has 1 aromatic carbocycles. The molecule has 0 aliphatic rings. The lowest BCUT2D eigenvalue weighted by molar-refractivity contribution is -0.143. The van der Waals surface area contributed by atoms with E-state index in [2.05, 4.69) is 0 Å². The Kier molecular flexibility index (Phi) is 4.62. The highest BCUT2D eigenvalue weighted by molar-refractivity contribution is 5.35. The summed E-state index contributed by atoms with van der Waals surface area (Å²) in [6, 6.07) is -0.998. The van der Waals surface area contributed by atoms with Gasteiger partial charge in [-0.05, 0) is 23.8 Å². The number of halogens is 8. The molecule has 0 amide bonds. The fraction of sp³-hybridized carbons (Fsp3) is 0.455. The van der Waals surface area contributed by atoms with Gasteiger partial charge in [-0.25, -0.2) is 8.78 Å². The van der Waals surface area contributed by atoms with E-state index in [9.17, 15) is 35.1 Å². The summed E-state index contributed by atoms with van der Waals surface area (Å²) in [6.45, 7) is 0. The standard InChI is InChI=1S/C11H9F8N/c12-9(13)4-8(20)5-1-6(10(14,15)16)3-7(2-5)11(17,18)19/h1-3,8-9H,4,20H2/t8-/m0/s1. The van der Waals surface area contributed by atoms with Crippen LogP contribution in [0, 0.1) is 0 Å². The Labute approximate surface area is 108 Å². The van der Waals surface area contributed by atoms with E-state index in [1.54, 1.807) is 0 Å². The third-order valence-electron chi connectivity index (χ3n) is 2.47. The van der Waals surface area contributed by atoms with Crippen LogP contribution in [0.5, 0.6) is 0 Å². The Bertz CT molecular complexity index is 430. The van der Waals surface area contributed by atoms with Crippen LogP contribution < -0.4 is 5.73 Å². The molecule has 0 saturated carbocycles. The van der Waals surface area contributed by atoms with Crippen molar-refractivity contribution in [1.29, 1.82) is 0 Å². The molecule has 2 N–H and O–H groups in total. The highest BCUT2D eigenvalue weighted by Gasteiger charge is 2.37. The summed E-state index contributed by atoms with van der Waals surface area (Å²) in [4.78, 5) is 0. The smallest absolute Gasteiger partial charge is 0.324 e. The van der Waals surface area contributed by atoms with Gasteiger partial charge in [-0.15, -0.1) is 0 Å². The van der Waals surface area contributed by atoms with Gasteiger partial charge in [0.15, 0.2) is 0 Å². The minimum Gasteiger partial charge on any atom is -0.324 e. The first-order valence-electron chi connectivity index (χ1n) is 5.24. The zero-order valence-electron chi connectivity index (χ0n) is 9.69. The highest BCUT2D eigenvalue weighted by Crippen LogP contribution is 2.37. The number of hydrogen-bond donors (Lipinski definition) is 1. The van der Waals surface area contributed by atoms with Gasteiger partial charge in [0.1, 0.15) is 0 Å². The molecule has 0 spiro atoms. The largest absolute Gasteiger partial charge is 0.416 e. The second-order valence-corrected chi connectivity index (χ2v) is 4.07. The van der Waals surface area contributed by atoms with Crippen LogP contribution in [0.4, 0.5) is 35.1 Å². The first-order valence-corrected chi connectivity index (χ1v) is 5.24. The molecule has 0 aliphatic heterocycles. The molecule has 0 fully saturated rings. The molecule has 9 heteroatoms. The Hall–Kier alpha value is -1.38. The van der Waals surface area contributed by atoms with Crippen LogP contribution in [0.15, 0.2) is 18.2 Å². The SMILES string of the molecule is N[C@@H](CC(F)F)c1cc(C(F)(F)F)cc(C(F)(F)F)c1. The average Bonchev–Trinajstić information content (AvgIpc) is 2.25. The van der Waals surface area contributed by atoms with Crippen molar-refractivity contribution in [2.24, 2.45) is 5.73 Å². The van der Waals surface area contributed by atoms with E-state index < -0.39 is 47.9 Å². The lowest BCUT2D eigenvalue weighted by Gasteiger charge is -2.17. The number of nitrogens with two attached hydrogens (primary N) is 1. The van der Waals surface area contributed by atoms with Crippen LogP contribution in [-0.2, 0) is 12.4 Å². The molecule has 0 aliphatic carbocycles. The van der Waals surface area contributed by atoms with Crippen molar-refractivity contribution in [2.45, 2.75) is 31.2 Å². The molecule has 0 radical (unpaired) electrons. The average molecular weight is 307 g/mol. The third kappa shape index (κ3) is 4.32. The maximum Gasteiger partial charge on any atom is 0.416 e. The monoisotopic (exact) mass is 307 g/mol. The van der Waals surface area contributed by atoms with Crippen LogP contribution in [0.25, 0.3) is 0 Å². The number of rotatable bonds is 3. The lowest BCUT2D eigenvalue weighted by Crippen LogP contribution is -2.18. The molecule has 0 unspecified atom stereocenters. The van der Waals surface area contributed by atoms with E-state index in [4.69, 9.17) is 5.73 Å². The van der Waals surface area contributed by atoms with Crippen LogP contribution in [0.2, 0.25) is 0 Å². The second-order valence-electron chi connectivity index (χ2n) is 4.07. The molecular formula is C11H9F8N. The molecule has 0 aromatic heterocycles. The maximum atomic E-state index is 12.5. The minimum atomic E-state index is -5.03. The molecule has 20 heavy (non-hydrogen) atoms. The van der Waals surface area contributed by atoms with Crippen LogP contribution in [-0.4, -0.2) is 6.43 Å². The van der Waals surface area contributed by atoms with Crippen molar-refractivity contribution >= 4 is 0 Å². The highest BCUT2D eigenvalue weighted by atomic mass is 19.4. The number of benzene rings is 1. The van der Waals surface area contributed by atoms with Crippen molar-refractivity contribution < 1.29 is 35.1 Å². The Balaban J connectivity index is 3.31. The molecule has 1 rings (SSSR count). The predicted octanol–water partition coefficient (Wildman–Crippen LogP) is 4.38. The topological polar surface area (TPSA) is 26.0 Å². The van der Waals surface area contributed by atoms with Crippen molar-refractivity contribution in [3.05, 3.63) is 34.9 Å². The zero-order chi connectivity index (χ0) is 15.7.